The molecule has 0 spiro atoms. The molecule has 3 heterocycles. The third-order valence-electron chi connectivity index (χ3n) is 5.69. The molecule has 0 amide bonds. The summed E-state index contributed by atoms with van der Waals surface area (Å²) < 4.78 is 66.7. The zero-order valence-electron chi connectivity index (χ0n) is 14.7. The van der Waals surface area contributed by atoms with Gasteiger partial charge in [-0.05, 0) is 55.5 Å². The molecule has 0 bridgehead atoms. The van der Waals surface area contributed by atoms with E-state index in [-0.39, 0.29) is 30.8 Å². The van der Waals surface area contributed by atoms with Crippen molar-refractivity contribution in [1.82, 2.24) is 9.62 Å². The van der Waals surface area contributed by atoms with E-state index in [4.69, 9.17) is 0 Å². The van der Waals surface area contributed by atoms with Gasteiger partial charge in [0, 0.05) is 25.6 Å². The highest BCUT2D eigenvalue weighted by atomic mass is 32.2. The van der Waals surface area contributed by atoms with Crippen molar-refractivity contribution in [2.45, 2.75) is 49.0 Å². The Balaban J connectivity index is 1.49. The van der Waals surface area contributed by atoms with Crippen molar-refractivity contribution in [1.29, 1.82) is 0 Å². The molecule has 4 rings (SSSR count). The van der Waals surface area contributed by atoms with Crippen LogP contribution in [-0.4, -0.2) is 44.2 Å². The molecule has 27 heavy (non-hydrogen) atoms. The van der Waals surface area contributed by atoms with Crippen molar-refractivity contribution in [3.8, 4) is 0 Å². The summed E-state index contributed by atoms with van der Waals surface area (Å²) in [7, 11) is -3.72. The molecular formula is C17H21F3N4O2S. The number of piperidine rings is 1. The number of alkyl halides is 3. The van der Waals surface area contributed by atoms with Gasteiger partial charge < -0.3 is 5.32 Å². The molecule has 3 aliphatic rings. The first-order valence-electron chi connectivity index (χ1n) is 9.07. The van der Waals surface area contributed by atoms with Gasteiger partial charge in [-0.3, -0.25) is 0 Å². The molecule has 148 valence electrons. The molecule has 0 radical (unpaired) electrons. The molecule has 1 aromatic rings. The SMILES string of the molecule is O=S(=O)(c1ccc2c(c1)CCCNC2)N1CCC(C2(C(F)(F)F)N=N2)CC1. The number of benzene rings is 1. The number of nitrogens with one attached hydrogen (secondary N) is 1. The Hall–Kier alpha value is -1.52. The summed E-state index contributed by atoms with van der Waals surface area (Å²) >= 11 is 0. The topological polar surface area (TPSA) is 74.1 Å². The first-order valence-corrected chi connectivity index (χ1v) is 10.5. The Morgan fingerprint density at radius 2 is 1.85 bits per heavy atom. The van der Waals surface area contributed by atoms with Crippen LogP contribution in [0.3, 0.4) is 0 Å². The monoisotopic (exact) mass is 402 g/mol. The number of hydrogen-bond acceptors (Lipinski definition) is 5. The third kappa shape index (κ3) is 3.27. The molecule has 1 saturated heterocycles. The van der Waals surface area contributed by atoms with Gasteiger partial charge in [0.25, 0.3) is 5.66 Å². The summed E-state index contributed by atoms with van der Waals surface area (Å²) in [4.78, 5) is 0.216. The van der Waals surface area contributed by atoms with Crippen LogP contribution < -0.4 is 5.32 Å². The first kappa shape index (κ1) is 18.8. The fourth-order valence-corrected chi connectivity index (χ4v) is 5.53. The number of hydrogen-bond donors (Lipinski definition) is 1. The predicted molar refractivity (Wildman–Crippen MR) is 91.6 cm³/mol. The maximum atomic E-state index is 13.1. The molecule has 0 aromatic heterocycles. The number of rotatable bonds is 3. The highest BCUT2D eigenvalue weighted by Crippen LogP contribution is 2.52. The molecule has 3 aliphatic heterocycles. The van der Waals surface area contributed by atoms with Crippen LogP contribution in [0.1, 0.15) is 30.4 Å². The largest absolute Gasteiger partial charge is 0.437 e. The average molecular weight is 402 g/mol. The van der Waals surface area contributed by atoms with Crippen molar-refractivity contribution < 1.29 is 21.6 Å². The van der Waals surface area contributed by atoms with Crippen molar-refractivity contribution in [2.75, 3.05) is 19.6 Å². The van der Waals surface area contributed by atoms with Crippen LogP contribution in [0.5, 0.6) is 0 Å². The normalized spacial score (nSPS) is 23.7. The van der Waals surface area contributed by atoms with E-state index in [2.05, 4.69) is 15.5 Å². The minimum atomic E-state index is -4.51. The van der Waals surface area contributed by atoms with Gasteiger partial charge in [-0.1, -0.05) is 6.07 Å². The van der Waals surface area contributed by atoms with E-state index in [9.17, 15) is 21.6 Å². The van der Waals surface area contributed by atoms with E-state index in [1.165, 1.54) is 4.31 Å². The van der Waals surface area contributed by atoms with Crippen molar-refractivity contribution >= 4 is 10.0 Å². The second kappa shape index (κ2) is 6.52. The van der Waals surface area contributed by atoms with Gasteiger partial charge >= 0.3 is 6.18 Å². The summed E-state index contributed by atoms with van der Waals surface area (Å²) in [5.41, 5.74) is -0.197. The van der Waals surface area contributed by atoms with E-state index in [0.29, 0.717) is 6.54 Å². The maximum absolute atomic E-state index is 13.1. The predicted octanol–water partition coefficient (Wildman–Crippen LogP) is 2.85. The summed E-state index contributed by atoms with van der Waals surface area (Å²) in [5.74, 6) is -0.790. The van der Waals surface area contributed by atoms with Crippen LogP contribution in [0.15, 0.2) is 33.3 Å². The Morgan fingerprint density at radius 1 is 1.15 bits per heavy atom. The smallest absolute Gasteiger partial charge is 0.313 e. The Morgan fingerprint density at radius 3 is 2.48 bits per heavy atom. The van der Waals surface area contributed by atoms with Crippen LogP contribution in [0.2, 0.25) is 0 Å². The van der Waals surface area contributed by atoms with Crippen molar-refractivity contribution in [3.05, 3.63) is 29.3 Å². The lowest BCUT2D eigenvalue weighted by Crippen LogP contribution is -2.47. The van der Waals surface area contributed by atoms with Gasteiger partial charge in [0.05, 0.1) is 4.90 Å². The fourth-order valence-electron chi connectivity index (χ4n) is 4.00. The van der Waals surface area contributed by atoms with E-state index >= 15 is 0 Å². The number of aryl methyl sites for hydroxylation is 1. The van der Waals surface area contributed by atoms with Gasteiger partial charge in [-0.15, -0.1) is 10.2 Å². The molecule has 1 N–H and O–H groups in total. The number of halogens is 3. The number of fused-ring (bicyclic) bond motifs is 1. The van der Waals surface area contributed by atoms with E-state index in [1.807, 2.05) is 6.07 Å². The van der Waals surface area contributed by atoms with Gasteiger partial charge in [0.15, 0.2) is 0 Å². The van der Waals surface area contributed by atoms with Crippen LogP contribution in [-0.2, 0) is 23.0 Å². The zero-order chi connectivity index (χ0) is 19.3. The zero-order valence-corrected chi connectivity index (χ0v) is 15.5. The van der Waals surface area contributed by atoms with Crippen LogP contribution in [0.4, 0.5) is 13.2 Å². The van der Waals surface area contributed by atoms with E-state index in [1.54, 1.807) is 12.1 Å². The fraction of sp³-hybridized carbons (Fsp3) is 0.647. The summed E-state index contributed by atoms with van der Waals surface area (Å²) in [5, 5.41) is 9.81. The van der Waals surface area contributed by atoms with Crippen LogP contribution in [0, 0.1) is 5.92 Å². The standard InChI is InChI=1S/C17H21F3N4O2S/c18-17(19,20)16(22-23-16)14-5-8-24(9-6-14)27(25,26)15-4-3-13-11-21-7-1-2-12(13)10-15/h3-4,10,14,21H,1-2,5-9,11H2. The molecule has 0 saturated carbocycles. The molecule has 1 aromatic carbocycles. The minimum Gasteiger partial charge on any atom is -0.313 e. The highest BCUT2D eigenvalue weighted by molar-refractivity contribution is 7.89. The van der Waals surface area contributed by atoms with Crippen molar-refractivity contribution in [2.24, 2.45) is 16.1 Å². The van der Waals surface area contributed by atoms with Crippen molar-refractivity contribution in [3.63, 3.8) is 0 Å². The lowest BCUT2D eigenvalue weighted by atomic mass is 9.87. The second-order valence-electron chi connectivity index (χ2n) is 7.31. The number of sulfonamides is 1. The van der Waals surface area contributed by atoms with Gasteiger partial charge in [0.2, 0.25) is 10.0 Å². The van der Waals surface area contributed by atoms with Gasteiger partial charge in [0.1, 0.15) is 0 Å². The molecule has 1 fully saturated rings. The Labute approximate surface area is 155 Å². The van der Waals surface area contributed by atoms with Crippen LogP contribution >= 0.6 is 0 Å². The molecule has 0 unspecified atom stereocenters. The average Bonchev–Trinajstić information content (AvgIpc) is 3.45. The first-order chi connectivity index (χ1) is 12.7. The lowest BCUT2D eigenvalue weighted by molar-refractivity contribution is -0.179. The second-order valence-corrected chi connectivity index (χ2v) is 9.25. The molecule has 6 nitrogen and oxygen atoms in total. The Bertz CT molecular complexity index is 855. The summed E-state index contributed by atoms with van der Waals surface area (Å²) in [6, 6.07) is 5.14. The van der Waals surface area contributed by atoms with Gasteiger partial charge in [-0.2, -0.15) is 17.5 Å². The van der Waals surface area contributed by atoms with E-state index < -0.39 is 27.8 Å². The van der Waals surface area contributed by atoms with Gasteiger partial charge in [-0.25, -0.2) is 8.42 Å². The summed E-state index contributed by atoms with van der Waals surface area (Å²) in [6.07, 6.45) is -2.57. The lowest BCUT2D eigenvalue weighted by Gasteiger charge is -2.34. The summed E-state index contributed by atoms with van der Waals surface area (Å²) in [6.45, 7) is 1.71. The maximum Gasteiger partial charge on any atom is 0.437 e. The molecule has 0 aliphatic carbocycles. The third-order valence-corrected chi connectivity index (χ3v) is 7.58. The molecule has 10 heteroatoms. The highest BCUT2D eigenvalue weighted by Gasteiger charge is 2.68. The molecular weight excluding hydrogens is 381 g/mol. The Kier molecular flexibility index (Phi) is 4.55. The van der Waals surface area contributed by atoms with E-state index in [0.717, 1.165) is 30.5 Å². The molecule has 0 atom stereocenters. The van der Waals surface area contributed by atoms with Crippen LogP contribution in [0.25, 0.3) is 0 Å². The quantitative estimate of drug-likeness (QED) is 0.845. The number of nitrogens with zero attached hydrogens (tertiary/aromatic N) is 3. The minimum absolute atomic E-state index is 0.0501.